The zero-order valence-corrected chi connectivity index (χ0v) is 12.0. The van der Waals surface area contributed by atoms with E-state index in [1.165, 1.54) is 7.11 Å². The number of methoxy groups -OCH3 is 1. The Hall–Kier alpha value is -3.03. The summed E-state index contributed by atoms with van der Waals surface area (Å²) in [5, 5.41) is 7.44. The minimum absolute atomic E-state index is 0.244. The standard InChI is InChI=1S/C14H13N5O3/c1-7-9(11(15)12-13(16-7)19-22-18-12)6-8-4-3-5-10(17-8)14(20)21-2/h3-5H,6,15H2,1-2H3. The van der Waals surface area contributed by atoms with E-state index < -0.39 is 5.97 Å². The molecule has 112 valence electrons. The van der Waals surface area contributed by atoms with Crippen LogP contribution in [0, 0.1) is 6.92 Å². The molecule has 0 saturated carbocycles. The summed E-state index contributed by atoms with van der Waals surface area (Å²) >= 11 is 0. The molecule has 3 aromatic heterocycles. The lowest BCUT2D eigenvalue weighted by Crippen LogP contribution is -2.08. The fraction of sp³-hybridized carbons (Fsp3) is 0.214. The van der Waals surface area contributed by atoms with Crippen LogP contribution < -0.4 is 5.73 Å². The Kier molecular flexibility index (Phi) is 3.42. The van der Waals surface area contributed by atoms with Gasteiger partial charge in [-0.3, -0.25) is 0 Å². The first-order chi connectivity index (χ1) is 10.6. The molecule has 0 bridgehead atoms. The highest BCUT2D eigenvalue weighted by Crippen LogP contribution is 2.25. The number of carbonyl (C=O) groups is 1. The summed E-state index contributed by atoms with van der Waals surface area (Å²) in [4.78, 5) is 20.1. The molecule has 0 aliphatic heterocycles. The first-order valence-corrected chi connectivity index (χ1v) is 6.51. The summed E-state index contributed by atoms with van der Waals surface area (Å²) < 4.78 is 9.32. The molecular weight excluding hydrogens is 286 g/mol. The monoisotopic (exact) mass is 299 g/mol. The number of nitrogens with two attached hydrogens (primary N) is 1. The second kappa shape index (κ2) is 5.40. The van der Waals surface area contributed by atoms with Crippen molar-refractivity contribution in [3.05, 3.63) is 40.8 Å². The summed E-state index contributed by atoms with van der Waals surface area (Å²) in [6, 6.07) is 5.13. The van der Waals surface area contributed by atoms with Crippen molar-refractivity contribution in [1.29, 1.82) is 0 Å². The van der Waals surface area contributed by atoms with Gasteiger partial charge in [0.25, 0.3) is 0 Å². The highest BCUT2D eigenvalue weighted by atomic mass is 16.6. The Balaban J connectivity index is 2.01. The van der Waals surface area contributed by atoms with E-state index in [2.05, 4.69) is 29.6 Å². The van der Waals surface area contributed by atoms with Crippen LogP contribution in [0.3, 0.4) is 0 Å². The van der Waals surface area contributed by atoms with Gasteiger partial charge in [0.15, 0.2) is 5.52 Å². The number of carbonyl (C=O) groups excluding carboxylic acids is 1. The van der Waals surface area contributed by atoms with Crippen LogP contribution in [-0.2, 0) is 11.2 Å². The van der Waals surface area contributed by atoms with Crippen molar-refractivity contribution >= 4 is 22.8 Å². The smallest absolute Gasteiger partial charge is 0.356 e. The number of aryl methyl sites for hydroxylation is 1. The number of aromatic nitrogens is 4. The van der Waals surface area contributed by atoms with Crippen molar-refractivity contribution in [1.82, 2.24) is 20.3 Å². The quantitative estimate of drug-likeness (QED) is 0.719. The highest BCUT2D eigenvalue weighted by molar-refractivity contribution is 5.87. The molecule has 0 spiro atoms. The molecule has 2 N–H and O–H groups in total. The molecule has 0 radical (unpaired) electrons. The fourth-order valence-corrected chi connectivity index (χ4v) is 2.19. The van der Waals surface area contributed by atoms with E-state index in [-0.39, 0.29) is 5.69 Å². The van der Waals surface area contributed by atoms with Gasteiger partial charge in [0.1, 0.15) is 5.69 Å². The lowest BCUT2D eigenvalue weighted by molar-refractivity contribution is 0.0593. The Morgan fingerprint density at radius 3 is 2.91 bits per heavy atom. The maximum atomic E-state index is 11.5. The fourth-order valence-electron chi connectivity index (χ4n) is 2.19. The van der Waals surface area contributed by atoms with Crippen LogP contribution in [0.1, 0.15) is 27.4 Å². The van der Waals surface area contributed by atoms with Crippen LogP contribution in [0.15, 0.2) is 22.8 Å². The SMILES string of the molecule is COC(=O)c1cccc(Cc2c(C)nc3nonc3c2N)n1. The van der Waals surface area contributed by atoms with Gasteiger partial charge in [0.05, 0.1) is 12.8 Å². The predicted octanol–water partition coefficient (Wildman–Crippen LogP) is 1.28. The average Bonchev–Trinajstić information content (AvgIpc) is 2.99. The predicted molar refractivity (Wildman–Crippen MR) is 77.1 cm³/mol. The number of nitrogens with zero attached hydrogens (tertiary/aromatic N) is 4. The topological polar surface area (TPSA) is 117 Å². The molecule has 0 amide bonds. The molecule has 3 rings (SSSR count). The number of hydrogen-bond acceptors (Lipinski definition) is 8. The first-order valence-electron chi connectivity index (χ1n) is 6.51. The Bertz CT molecular complexity index is 859. The van der Waals surface area contributed by atoms with Crippen LogP contribution in [0.4, 0.5) is 5.69 Å². The van der Waals surface area contributed by atoms with Crippen molar-refractivity contribution in [2.45, 2.75) is 13.3 Å². The van der Waals surface area contributed by atoms with Gasteiger partial charge in [0.2, 0.25) is 5.65 Å². The first kappa shape index (κ1) is 13.9. The van der Waals surface area contributed by atoms with E-state index in [4.69, 9.17) is 5.73 Å². The molecule has 0 aliphatic rings. The van der Waals surface area contributed by atoms with Crippen LogP contribution in [0.25, 0.3) is 11.2 Å². The normalized spacial score (nSPS) is 10.8. The van der Waals surface area contributed by atoms with Crippen molar-refractivity contribution in [2.24, 2.45) is 0 Å². The van der Waals surface area contributed by atoms with E-state index in [9.17, 15) is 4.79 Å². The highest BCUT2D eigenvalue weighted by Gasteiger charge is 2.16. The molecule has 22 heavy (non-hydrogen) atoms. The lowest BCUT2D eigenvalue weighted by Gasteiger charge is -2.09. The average molecular weight is 299 g/mol. The van der Waals surface area contributed by atoms with Gasteiger partial charge in [-0.05, 0) is 29.4 Å². The van der Waals surface area contributed by atoms with Crippen molar-refractivity contribution < 1.29 is 14.2 Å². The molecule has 3 heterocycles. The van der Waals surface area contributed by atoms with Gasteiger partial charge >= 0.3 is 5.97 Å². The summed E-state index contributed by atoms with van der Waals surface area (Å²) in [6.45, 7) is 1.82. The van der Waals surface area contributed by atoms with Gasteiger partial charge in [-0.25, -0.2) is 19.4 Å². The van der Waals surface area contributed by atoms with Crippen molar-refractivity contribution in [3.8, 4) is 0 Å². The maximum absolute atomic E-state index is 11.5. The van der Waals surface area contributed by atoms with Gasteiger partial charge in [-0.15, -0.1) is 0 Å². The van der Waals surface area contributed by atoms with Crippen molar-refractivity contribution in [2.75, 3.05) is 12.8 Å². The lowest BCUT2D eigenvalue weighted by atomic mass is 10.0. The molecule has 0 aromatic carbocycles. The van der Waals surface area contributed by atoms with Gasteiger partial charge in [-0.1, -0.05) is 6.07 Å². The van der Waals surface area contributed by atoms with E-state index in [0.29, 0.717) is 34.7 Å². The molecule has 8 heteroatoms. The number of pyridine rings is 2. The summed E-state index contributed by atoms with van der Waals surface area (Å²) in [5.41, 5.74) is 9.77. The number of anilines is 1. The molecule has 8 nitrogen and oxygen atoms in total. The van der Waals surface area contributed by atoms with Crippen LogP contribution >= 0.6 is 0 Å². The van der Waals surface area contributed by atoms with E-state index >= 15 is 0 Å². The van der Waals surface area contributed by atoms with Gasteiger partial charge in [0, 0.05) is 23.4 Å². The zero-order valence-electron chi connectivity index (χ0n) is 12.0. The minimum Gasteiger partial charge on any atom is -0.464 e. The number of hydrogen-bond donors (Lipinski definition) is 1. The van der Waals surface area contributed by atoms with E-state index in [0.717, 1.165) is 5.56 Å². The molecule has 0 atom stereocenters. The molecular formula is C14H13N5O3. The molecule has 0 aliphatic carbocycles. The summed E-state index contributed by atoms with van der Waals surface area (Å²) in [5.74, 6) is -0.485. The Morgan fingerprint density at radius 1 is 1.32 bits per heavy atom. The number of esters is 1. The zero-order chi connectivity index (χ0) is 15.7. The molecule has 0 saturated heterocycles. The number of rotatable bonds is 3. The number of nitrogen functional groups attached to an aromatic ring is 1. The second-order valence-electron chi connectivity index (χ2n) is 4.71. The minimum atomic E-state index is -0.485. The van der Waals surface area contributed by atoms with Gasteiger partial charge < -0.3 is 10.5 Å². The number of fused-ring (bicyclic) bond motifs is 1. The van der Waals surface area contributed by atoms with Crippen LogP contribution in [0.2, 0.25) is 0 Å². The van der Waals surface area contributed by atoms with Crippen LogP contribution in [0.5, 0.6) is 0 Å². The van der Waals surface area contributed by atoms with E-state index in [1.54, 1.807) is 18.2 Å². The number of ether oxygens (including phenoxy) is 1. The third kappa shape index (κ3) is 2.34. The van der Waals surface area contributed by atoms with E-state index in [1.807, 2.05) is 6.92 Å². The van der Waals surface area contributed by atoms with Crippen molar-refractivity contribution in [3.63, 3.8) is 0 Å². The largest absolute Gasteiger partial charge is 0.464 e. The molecule has 0 unspecified atom stereocenters. The third-order valence-electron chi connectivity index (χ3n) is 3.32. The van der Waals surface area contributed by atoms with Crippen LogP contribution in [-0.4, -0.2) is 33.4 Å². The Morgan fingerprint density at radius 2 is 2.14 bits per heavy atom. The maximum Gasteiger partial charge on any atom is 0.356 e. The third-order valence-corrected chi connectivity index (χ3v) is 3.32. The van der Waals surface area contributed by atoms with Gasteiger partial charge in [-0.2, -0.15) is 0 Å². The second-order valence-corrected chi connectivity index (χ2v) is 4.71. The summed E-state index contributed by atoms with van der Waals surface area (Å²) in [6.07, 6.45) is 0.415. The summed E-state index contributed by atoms with van der Waals surface area (Å²) in [7, 11) is 1.31. The molecule has 0 fully saturated rings. The Labute approximate surface area is 125 Å². The molecule has 3 aromatic rings.